The van der Waals surface area contributed by atoms with Crippen molar-refractivity contribution < 1.29 is 4.79 Å². The third kappa shape index (κ3) is 3.64. The summed E-state index contributed by atoms with van der Waals surface area (Å²) in [7, 11) is 2.13. The number of carbonyl (C=O) groups is 1. The minimum Gasteiger partial charge on any atom is -0.368 e. The van der Waals surface area contributed by atoms with Crippen molar-refractivity contribution >= 4 is 28.9 Å². The van der Waals surface area contributed by atoms with Crippen LogP contribution in [0.1, 0.15) is 13.8 Å². The molecule has 1 aromatic carbocycles. The molecule has 1 fully saturated rings. The quantitative estimate of drug-likeness (QED) is 0.931. The maximum absolute atomic E-state index is 11.7. The summed E-state index contributed by atoms with van der Waals surface area (Å²) < 4.78 is 0. The first-order valence-corrected chi connectivity index (χ1v) is 7.39. The summed E-state index contributed by atoms with van der Waals surface area (Å²) in [6.07, 6.45) is 0. The van der Waals surface area contributed by atoms with E-state index in [9.17, 15) is 4.79 Å². The third-order valence-corrected chi connectivity index (χ3v) is 3.89. The Morgan fingerprint density at radius 2 is 1.90 bits per heavy atom. The van der Waals surface area contributed by atoms with E-state index in [1.165, 1.54) is 0 Å². The fourth-order valence-electron chi connectivity index (χ4n) is 2.18. The van der Waals surface area contributed by atoms with Crippen molar-refractivity contribution in [2.75, 3.05) is 43.4 Å². The zero-order valence-electron chi connectivity index (χ0n) is 12.3. The van der Waals surface area contributed by atoms with Gasteiger partial charge in [0.15, 0.2) is 0 Å². The normalized spacial score (nSPS) is 16.6. The lowest BCUT2D eigenvalue weighted by Gasteiger charge is -2.34. The van der Waals surface area contributed by atoms with E-state index in [1.807, 2.05) is 32.0 Å². The molecule has 1 aliphatic heterocycles. The van der Waals surface area contributed by atoms with Crippen LogP contribution in [0.4, 0.5) is 11.4 Å². The van der Waals surface area contributed by atoms with Crippen molar-refractivity contribution in [1.29, 1.82) is 0 Å². The van der Waals surface area contributed by atoms with E-state index in [2.05, 4.69) is 22.2 Å². The molecule has 1 amide bonds. The second-order valence-electron chi connectivity index (χ2n) is 5.60. The number of likely N-dealkylation sites (N-methyl/N-ethyl adjacent to an activating group) is 1. The molecule has 0 aromatic heterocycles. The van der Waals surface area contributed by atoms with E-state index in [1.54, 1.807) is 0 Å². The molecule has 1 N–H and O–H groups in total. The zero-order chi connectivity index (χ0) is 14.7. The summed E-state index contributed by atoms with van der Waals surface area (Å²) in [6.45, 7) is 7.79. The van der Waals surface area contributed by atoms with Crippen LogP contribution in [-0.4, -0.2) is 44.0 Å². The van der Waals surface area contributed by atoms with Gasteiger partial charge >= 0.3 is 0 Å². The van der Waals surface area contributed by atoms with Gasteiger partial charge in [-0.3, -0.25) is 4.79 Å². The van der Waals surface area contributed by atoms with Crippen molar-refractivity contribution in [3.63, 3.8) is 0 Å². The van der Waals surface area contributed by atoms with Crippen molar-refractivity contribution in [1.82, 2.24) is 4.90 Å². The van der Waals surface area contributed by atoms with Gasteiger partial charge in [0, 0.05) is 37.8 Å². The molecule has 5 heteroatoms. The molecule has 20 heavy (non-hydrogen) atoms. The molecule has 0 spiro atoms. The van der Waals surface area contributed by atoms with Gasteiger partial charge in [0.1, 0.15) is 0 Å². The molecule has 1 aromatic rings. The van der Waals surface area contributed by atoms with E-state index in [4.69, 9.17) is 11.6 Å². The first-order valence-electron chi connectivity index (χ1n) is 7.01. The lowest BCUT2D eigenvalue weighted by atomic mass is 10.2. The van der Waals surface area contributed by atoms with Crippen molar-refractivity contribution in [2.45, 2.75) is 13.8 Å². The van der Waals surface area contributed by atoms with Gasteiger partial charge in [-0.2, -0.15) is 0 Å². The molecule has 1 saturated heterocycles. The molecule has 0 radical (unpaired) electrons. The fourth-order valence-corrected chi connectivity index (χ4v) is 2.48. The summed E-state index contributed by atoms with van der Waals surface area (Å²) in [5.41, 5.74) is 1.80. The number of rotatable bonds is 3. The van der Waals surface area contributed by atoms with E-state index in [0.717, 1.165) is 37.6 Å². The number of nitrogens with zero attached hydrogens (tertiary/aromatic N) is 2. The van der Waals surface area contributed by atoms with E-state index >= 15 is 0 Å². The Hall–Kier alpha value is -1.26. The Bertz CT molecular complexity index is 482. The lowest BCUT2D eigenvalue weighted by Crippen LogP contribution is -2.44. The van der Waals surface area contributed by atoms with E-state index < -0.39 is 0 Å². The highest BCUT2D eigenvalue weighted by atomic mass is 35.5. The first-order chi connectivity index (χ1) is 9.47. The predicted octanol–water partition coefficient (Wildman–Crippen LogP) is 2.69. The highest BCUT2D eigenvalue weighted by Crippen LogP contribution is 2.29. The molecule has 110 valence electrons. The van der Waals surface area contributed by atoms with Gasteiger partial charge in [-0.15, -0.1) is 0 Å². The lowest BCUT2D eigenvalue weighted by molar-refractivity contribution is -0.118. The van der Waals surface area contributed by atoms with Crippen molar-refractivity contribution in [2.24, 2.45) is 5.92 Å². The van der Waals surface area contributed by atoms with Gasteiger partial charge in [-0.1, -0.05) is 25.4 Å². The zero-order valence-corrected chi connectivity index (χ0v) is 13.1. The molecule has 0 unspecified atom stereocenters. The van der Waals surface area contributed by atoms with Crippen LogP contribution in [0.3, 0.4) is 0 Å². The fraction of sp³-hybridized carbons (Fsp3) is 0.533. The smallest absolute Gasteiger partial charge is 0.226 e. The highest BCUT2D eigenvalue weighted by Gasteiger charge is 2.17. The summed E-state index contributed by atoms with van der Waals surface area (Å²) >= 11 is 6.36. The van der Waals surface area contributed by atoms with Gasteiger partial charge < -0.3 is 15.1 Å². The molecule has 0 aliphatic carbocycles. The number of anilines is 2. The summed E-state index contributed by atoms with van der Waals surface area (Å²) in [4.78, 5) is 16.3. The van der Waals surface area contributed by atoms with Crippen LogP contribution in [0, 0.1) is 5.92 Å². The maximum atomic E-state index is 11.7. The second-order valence-corrected chi connectivity index (χ2v) is 6.01. The Morgan fingerprint density at radius 1 is 1.25 bits per heavy atom. The molecule has 0 bridgehead atoms. The summed E-state index contributed by atoms with van der Waals surface area (Å²) in [6, 6.07) is 5.74. The Balaban J connectivity index is 2.08. The predicted molar refractivity (Wildman–Crippen MR) is 84.6 cm³/mol. The maximum Gasteiger partial charge on any atom is 0.226 e. The van der Waals surface area contributed by atoms with Crippen LogP contribution in [-0.2, 0) is 4.79 Å². The SMILES string of the molecule is CC(C)C(=O)Nc1ccc(N2CCN(C)CC2)c(Cl)c1. The second kappa shape index (κ2) is 6.46. The molecule has 1 aliphatic rings. The van der Waals surface area contributed by atoms with Crippen molar-refractivity contribution in [3.8, 4) is 0 Å². The van der Waals surface area contributed by atoms with Crippen LogP contribution < -0.4 is 10.2 Å². The first kappa shape index (κ1) is 15.1. The Morgan fingerprint density at radius 3 is 2.45 bits per heavy atom. The molecule has 0 atom stereocenters. The number of nitrogens with one attached hydrogen (secondary N) is 1. The summed E-state index contributed by atoms with van der Waals surface area (Å²) in [5, 5.41) is 3.56. The van der Waals surface area contributed by atoms with Gasteiger partial charge in [0.05, 0.1) is 10.7 Å². The van der Waals surface area contributed by atoms with Crippen LogP contribution in [0.25, 0.3) is 0 Å². The van der Waals surface area contributed by atoms with Gasteiger partial charge in [0.25, 0.3) is 0 Å². The molecule has 0 saturated carbocycles. The minimum atomic E-state index is -0.0360. The molecular weight excluding hydrogens is 274 g/mol. The molecule has 1 heterocycles. The number of amides is 1. The number of hydrogen-bond donors (Lipinski definition) is 1. The van der Waals surface area contributed by atoms with Crippen LogP contribution in [0.15, 0.2) is 18.2 Å². The molecular formula is C15H22ClN3O. The van der Waals surface area contributed by atoms with Gasteiger partial charge in [0.2, 0.25) is 5.91 Å². The number of hydrogen-bond acceptors (Lipinski definition) is 3. The van der Waals surface area contributed by atoms with Crippen LogP contribution in [0.5, 0.6) is 0 Å². The number of halogens is 1. The largest absolute Gasteiger partial charge is 0.368 e. The average molecular weight is 296 g/mol. The average Bonchev–Trinajstić information content (AvgIpc) is 2.40. The highest BCUT2D eigenvalue weighted by molar-refractivity contribution is 6.33. The van der Waals surface area contributed by atoms with Gasteiger partial charge in [-0.05, 0) is 25.2 Å². The summed E-state index contributed by atoms with van der Waals surface area (Å²) in [5.74, 6) is -0.0282. The van der Waals surface area contributed by atoms with Crippen LogP contribution >= 0.6 is 11.6 Å². The Labute approximate surface area is 125 Å². The number of carbonyl (C=O) groups excluding carboxylic acids is 1. The Kier molecular flexibility index (Phi) is 4.89. The van der Waals surface area contributed by atoms with E-state index in [0.29, 0.717) is 5.02 Å². The van der Waals surface area contributed by atoms with Crippen molar-refractivity contribution in [3.05, 3.63) is 23.2 Å². The third-order valence-electron chi connectivity index (χ3n) is 3.58. The number of benzene rings is 1. The standard InChI is InChI=1S/C15H22ClN3O/c1-11(2)15(20)17-12-4-5-14(13(16)10-12)19-8-6-18(3)7-9-19/h4-5,10-11H,6-9H2,1-3H3,(H,17,20). The van der Waals surface area contributed by atoms with Gasteiger partial charge in [-0.25, -0.2) is 0 Å². The topological polar surface area (TPSA) is 35.6 Å². The van der Waals surface area contributed by atoms with E-state index in [-0.39, 0.29) is 11.8 Å². The van der Waals surface area contributed by atoms with Crippen LogP contribution in [0.2, 0.25) is 5.02 Å². The number of piperazine rings is 1. The minimum absolute atomic E-state index is 0.00779. The monoisotopic (exact) mass is 295 g/mol. The molecule has 4 nitrogen and oxygen atoms in total. The molecule has 2 rings (SSSR count).